The van der Waals surface area contributed by atoms with Crippen LogP contribution in [0.2, 0.25) is 0 Å². The van der Waals surface area contributed by atoms with Crippen molar-refractivity contribution in [3.05, 3.63) is 17.6 Å². The second kappa shape index (κ2) is 4.79. The number of hydrogen-bond acceptors (Lipinski definition) is 6. The van der Waals surface area contributed by atoms with Gasteiger partial charge in [0.25, 0.3) is 0 Å². The number of nitrogens with two attached hydrogens (primary N) is 1. The minimum atomic E-state index is 0.284. The van der Waals surface area contributed by atoms with Gasteiger partial charge < -0.3 is 10.5 Å². The summed E-state index contributed by atoms with van der Waals surface area (Å²) in [6, 6.07) is 2.07. The number of anilines is 1. The average Bonchev–Trinajstić information content (AvgIpc) is 2.40. The first-order valence-electron chi connectivity index (χ1n) is 6.35. The van der Waals surface area contributed by atoms with Gasteiger partial charge in [-0.1, -0.05) is 0 Å². The first-order chi connectivity index (χ1) is 8.76. The molecule has 0 radical (unpaired) electrons. The van der Waals surface area contributed by atoms with Crippen LogP contribution in [-0.4, -0.2) is 59.6 Å². The number of aromatic nitrogens is 2. The highest BCUT2D eigenvalue weighted by Gasteiger charge is 2.34. The van der Waals surface area contributed by atoms with Crippen LogP contribution >= 0.6 is 0 Å². The van der Waals surface area contributed by atoms with E-state index in [0.717, 1.165) is 44.2 Å². The minimum Gasteiger partial charge on any atom is -0.384 e. The van der Waals surface area contributed by atoms with Crippen LogP contribution in [0, 0.1) is 0 Å². The largest absolute Gasteiger partial charge is 0.384 e. The summed E-state index contributed by atoms with van der Waals surface area (Å²) in [5.41, 5.74) is 6.71. The highest BCUT2D eigenvalue weighted by Crippen LogP contribution is 2.27. The summed E-state index contributed by atoms with van der Waals surface area (Å²) >= 11 is 0. The van der Waals surface area contributed by atoms with Crippen LogP contribution in [0.25, 0.3) is 0 Å². The second-order valence-corrected chi connectivity index (χ2v) is 4.93. The highest BCUT2D eigenvalue weighted by molar-refractivity contribution is 5.30. The van der Waals surface area contributed by atoms with E-state index in [-0.39, 0.29) is 6.04 Å². The molecule has 0 saturated carbocycles. The van der Waals surface area contributed by atoms with Crippen molar-refractivity contribution in [2.24, 2.45) is 0 Å². The second-order valence-electron chi connectivity index (χ2n) is 4.93. The summed E-state index contributed by atoms with van der Waals surface area (Å²) < 4.78 is 5.12. The molecule has 0 aromatic carbocycles. The average molecular weight is 249 g/mol. The molecule has 4 rings (SSSR count). The van der Waals surface area contributed by atoms with Crippen LogP contribution in [0.1, 0.15) is 17.6 Å². The Morgan fingerprint density at radius 2 is 2.11 bits per heavy atom. The lowest BCUT2D eigenvalue weighted by Crippen LogP contribution is -2.57. The smallest absolute Gasteiger partial charge is 0.149 e. The standard InChI is InChI=1S/C12H19N5O/c1-18-8-9-6-11(13)15-12(14-9)10-7-16-2-4-17(10)5-3-16/h6,10H,2-5,7-8H2,1H3,(H2,13,14,15). The molecule has 3 aliphatic heterocycles. The summed E-state index contributed by atoms with van der Waals surface area (Å²) in [7, 11) is 1.66. The predicted octanol–water partition coefficient (Wildman–Crippen LogP) is -0.122. The highest BCUT2D eigenvalue weighted by atomic mass is 16.5. The Morgan fingerprint density at radius 1 is 1.33 bits per heavy atom. The molecule has 0 spiro atoms. The maximum atomic E-state index is 5.86. The molecule has 3 fully saturated rings. The molecular formula is C12H19N5O. The van der Waals surface area contributed by atoms with Crippen molar-refractivity contribution < 1.29 is 4.74 Å². The van der Waals surface area contributed by atoms with Gasteiger partial charge in [-0.25, -0.2) is 9.97 Å². The summed E-state index contributed by atoms with van der Waals surface area (Å²) in [5.74, 6) is 1.37. The Morgan fingerprint density at radius 3 is 2.72 bits per heavy atom. The van der Waals surface area contributed by atoms with Gasteiger partial charge in [-0.15, -0.1) is 0 Å². The Bertz CT molecular complexity index is 430. The maximum Gasteiger partial charge on any atom is 0.149 e. The molecule has 1 unspecified atom stereocenters. The number of hydrogen-bond donors (Lipinski definition) is 1. The van der Waals surface area contributed by atoms with Crippen LogP contribution in [0.4, 0.5) is 5.82 Å². The normalized spacial score (nSPS) is 30.6. The van der Waals surface area contributed by atoms with E-state index >= 15 is 0 Å². The molecule has 2 bridgehead atoms. The lowest BCUT2D eigenvalue weighted by molar-refractivity contribution is 0.00848. The molecule has 0 amide bonds. The number of nitrogen functional groups attached to an aromatic ring is 1. The van der Waals surface area contributed by atoms with Crippen molar-refractivity contribution >= 4 is 5.82 Å². The van der Waals surface area contributed by atoms with Gasteiger partial charge in [-0.2, -0.15) is 0 Å². The van der Waals surface area contributed by atoms with Crippen LogP contribution in [-0.2, 0) is 11.3 Å². The molecule has 1 atom stereocenters. The first-order valence-corrected chi connectivity index (χ1v) is 6.35. The zero-order valence-electron chi connectivity index (χ0n) is 10.7. The number of methoxy groups -OCH3 is 1. The van der Waals surface area contributed by atoms with Crippen LogP contribution in [0.15, 0.2) is 6.07 Å². The third kappa shape index (κ3) is 2.19. The van der Waals surface area contributed by atoms with E-state index < -0.39 is 0 Å². The molecule has 18 heavy (non-hydrogen) atoms. The van der Waals surface area contributed by atoms with Crippen molar-refractivity contribution in [2.45, 2.75) is 12.6 Å². The molecule has 4 heterocycles. The molecular weight excluding hydrogens is 230 g/mol. The molecule has 6 heteroatoms. The Labute approximate surface area is 107 Å². The van der Waals surface area contributed by atoms with Crippen molar-refractivity contribution in [1.82, 2.24) is 19.8 Å². The lowest BCUT2D eigenvalue weighted by atomic mass is 10.1. The van der Waals surface area contributed by atoms with Gasteiger partial charge >= 0.3 is 0 Å². The number of ether oxygens (including phenoxy) is 1. The quantitative estimate of drug-likeness (QED) is 0.805. The van der Waals surface area contributed by atoms with E-state index in [4.69, 9.17) is 10.5 Å². The van der Waals surface area contributed by atoms with E-state index in [1.165, 1.54) is 0 Å². The van der Waals surface area contributed by atoms with Gasteiger partial charge in [-0.3, -0.25) is 9.80 Å². The predicted molar refractivity (Wildman–Crippen MR) is 67.9 cm³/mol. The van der Waals surface area contributed by atoms with Crippen molar-refractivity contribution in [3.8, 4) is 0 Å². The van der Waals surface area contributed by atoms with Gasteiger partial charge in [0, 0.05) is 45.9 Å². The molecule has 1 aromatic heterocycles. The van der Waals surface area contributed by atoms with Crippen LogP contribution in [0.3, 0.4) is 0 Å². The van der Waals surface area contributed by atoms with E-state index in [0.29, 0.717) is 12.4 Å². The fraction of sp³-hybridized carbons (Fsp3) is 0.667. The van der Waals surface area contributed by atoms with E-state index in [2.05, 4.69) is 19.8 Å². The molecule has 0 aliphatic carbocycles. The fourth-order valence-electron chi connectivity index (χ4n) is 2.77. The molecule has 1 aromatic rings. The Hall–Kier alpha value is -1.24. The Kier molecular flexibility index (Phi) is 3.15. The van der Waals surface area contributed by atoms with Gasteiger partial charge in [0.2, 0.25) is 0 Å². The SMILES string of the molecule is COCc1cc(N)nc(C2CN3CCN2CC3)n1. The van der Waals surface area contributed by atoms with Crippen LogP contribution in [0.5, 0.6) is 0 Å². The molecule has 2 N–H and O–H groups in total. The number of fused-ring (bicyclic) bond motifs is 3. The monoisotopic (exact) mass is 249 g/mol. The number of nitrogens with zero attached hydrogens (tertiary/aromatic N) is 4. The number of rotatable bonds is 3. The molecule has 3 saturated heterocycles. The third-order valence-corrected chi connectivity index (χ3v) is 3.69. The van der Waals surface area contributed by atoms with Gasteiger partial charge in [0.15, 0.2) is 0 Å². The topological polar surface area (TPSA) is 67.5 Å². The summed E-state index contributed by atoms with van der Waals surface area (Å²) in [6.45, 7) is 6.00. The minimum absolute atomic E-state index is 0.284. The van der Waals surface area contributed by atoms with Crippen molar-refractivity contribution in [1.29, 1.82) is 0 Å². The molecule has 3 aliphatic rings. The van der Waals surface area contributed by atoms with Gasteiger partial charge in [0.05, 0.1) is 18.3 Å². The first kappa shape index (κ1) is 11.8. The van der Waals surface area contributed by atoms with Crippen LogP contribution < -0.4 is 5.73 Å². The van der Waals surface area contributed by atoms with E-state index in [9.17, 15) is 0 Å². The summed E-state index contributed by atoms with van der Waals surface area (Å²) in [6.07, 6.45) is 0. The van der Waals surface area contributed by atoms with E-state index in [1.807, 2.05) is 0 Å². The maximum absolute atomic E-state index is 5.86. The summed E-state index contributed by atoms with van der Waals surface area (Å²) in [4.78, 5) is 13.9. The third-order valence-electron chi connectivity index (χ3n) is 3.69. The Balaban J connectivity index is 1.87. The zero-order valence-corrected chi connectivity index (χ0v) is 10.7. The fourth-order valence-corrected chi connectivity index (χ4v) is 2.77. The van der Waals surface area contributed by atoms with Crippen molar-refractivity contribution in [3.63, 3.8) is 0 Å². The van der Waals surface area contributed by atoms with Crippen molar-refractivity contribution in [2.75, 3.05) is 45.6 Å². The zero-order chi connectivity index (χ0) is 12.5. The van der Waals surface area contributed by atoms with Gasteiger partial charge in [-0.05, 0) is 0 Å². The van der Waals surface area contributed by atoms with Gasteiger partial charge in [0.1, 0.15) is 11.6 Å². The molecule has 98 valence electrons. The number of piperazine rings is 3. The lowest BCUT2D eigenvalue weighted by Gasteiger charge is -2.46. The summed E-state index contributed by atoms with van der Waals surface area (Å²) in [5, 5.41) is 0. The molecule has 6 nitrogen and oxygen atoms in total. The van der Waals surface area contributed by atoms with E-state index in [1.54, 1.807) is 13.2 Å².